The number of hydrogen-bond donors (Lipinski definition) is 2. The molecular weight excluding hydrogens is 268 g/mol. The molecule has 1 amide bonds. The van der Waals surface area contributed by atoms with Gasteiger partial charge in [-0.15, -0.1) is 12.4 Å². The minimum Gasteiger partial charge on any atom is -0.376 e. The maximum atomic E-state index is 11.5. The summed E-state index contributed by atoms with van der Waals surface area (Å²) < 4.78 is 4.88. The number of para-hydroxylation sites is 1. The molecule has 19 heavy (non-hydrogen) atoms. The highest BCUT2D eigenvalue weighted by molar-refractivity contribution is 5.85. The van der Waals surface area contributed by atoms with Crippen molar-refractivity contribution >= 4 is 24.0 Å². The SMILES string of the molecule is Cc1noc(CNC(=O)CNc2ccccc2)n1.Cl. The summed E-state index contributed by atoms with van der Waals surface area (Å²) in [5.41, 5.74) is 0.904. The molecule has 1 heterocycles. The molecule has 0 spiro atoms. The Labute approximate surface area is 117 Å². The Morgan fingerprint density at radius 2 is 2.05 bits per heavy atom. The van der Waals surface area contributed by atoms with E-state index in [1.165, 1.54) is 0 Å². The van der Waals surface area contributed by atoms with Crippen LogP contribution in [0.15, 0.2) is 34.9 Å². The van der Waals surface area contributed by atoms with Crippen molar-refractivity contribution in [2.24, 2.45) is 0 Å². The van der Waals surface area contributed by atoms with E-state index < -0.39 is 0 Å². The standard InChI is InChI=1S/C12H14N4O2.ClH/c1-9-15-12(18-16-9)8-14-11(17)7-13-10-5-3-2-4-6-10;/h2-6,13H,7-8H2,1H3,(H,14,17);1H. The lowest BCUT2D eigenvalue weighted by Crippen LogP contribution is -2.29. The molecular formula is C12H15ClN4O2. The van der Waals surface area contributed by atoms with Gasteiger partial charge in [0.15, 0.2) is 5.82 Å². The second-order valence-electron chi connectivity index (χ2n) is 3.73. The first-order valence-corrected chi connectivity index (χ1v) is 5.59. The predicted octanol–water partition coefficient (Wildman–Crippen LogP) is 1.53. The van der Waals surface area contributed by atoms with E-state index in [9.17, 15) is 4.79 Å². The Morgan fingerprint density at radius 3 is 2.68 bits per heavy atom. The summed E-state index contributed by atoms with van der Waals surface area (Å²) in [5, 5.41) is 9.33. The third-order valence-electron chi connectivity index (χ3n) is 2.23. The third-order valence-corrected chi connectivity index (χ3v) is 2.23. The van der Waals surface area contributed by atoms with Gasteiger partial charge in [-0.2, -0.15) is 4.98 Å². The summed E-state index contributed by atoms with van der Waals surface area (Å²) in [6.45, 7) is 2.18. The molecule has 0 unspecified atom stereocenters. The van der Waals surface area contributed by atoms with Crippen LogP contribution in [0.1, 0.15) is 11.7 Å². The van der Waals surface area contributed by atoms with Crippen molar-refractivity contribution in [2.45, 2.75) is 13.5 Å². The van der Waals surface area contributed by atoms with Crippen molar-refractivity contribution in [1.29, 1.82) is 0 Å². The van der Waals surface area contributed by atoms with Crippen LogP contribution in [-0.2, 0) is 11.3 Å². The Morgan fingerprint density at radius 1 is 1.32 bits per heavy atom. The maximum Gasteiger partial charge on any atom is 0.246 e. The number of halogens is 1. The first kappa shape index (κ1) is 15.0. The van der Waals surface area contributed by atoms with E-state index in [0.29, 0.717) is 11.7 Å². The number of aryl methyl sites for hydroxylation is 1. The zero-order valence-corrected chi connectivity index (χ0v) is 11.2. The minimum absolute atomic E-state index is 0. The monoisotopic (exact) mass is 282 g/mol. The molecule has 0 aliphatic carbocycles. The summed E-state index contributed by atoms with van der Waals surface area (Å²) in [5.74, 6) is 0.830. The molecule has 6 nitrogen and oxygen atoms in total. The Kier molecular flexibility index (Phi) is 5.81. The average Bonchev–Trinajstić information content (AvgIpc) is 2.81. The normalized spacial score (nSPS) is 9.53. The predicted molar refractivity (Wildman–Crippen MR) is 73.1 cm³/mol. The number of nitrogens with one attached hydrogen (secondary N) is 2. The first-order valence-electron chi connectivity index (χ1n) is 5.59. The molecule has 2 N–H and O–H groups in total. The third kappa shape index (κ3) is 4.97. The van der Waals surface area contributed by atoms with Crippen LogP contribution in [0.3, 0.4) is 0 Å². The number of carbonyl (C=O) groups excluding carboxylic acids is 1. The van der Waals surface area contributed by atoms with Crippen molar-refractivity contribution in [3.63, 3.8) is 0 Å². The second kappa shape index (κ2) is 7.38. The van der Waals surface area contributed by atoms with E-state index in [1.54, 1.807) is 6.92 Å². The van der Waals surface area contributed by atoms with Gasteiger partial charge in [0, 0.05) is 5.69 Å². The van der Waals surface area contributed by atoms with Crippen LogP contribution >= 0.6 is 12.4 Å². The molecule has 0 aliphatic heterocycles. The average molecular weight is 283 g/mol. The number of amides is 1. The lowest BCUT2D eigenvalue weighted by Gasteiger charge is -2.05. The molecule has 2 rings (SSSR count). The number of nitrogens with zero attached hydrogens (tertiary/aromatic N) is 2. The summed E-state index contributed by atoms with van der Waals surface area (Å²) in [4.78, 5) is 15.5. The molecule has 0 radical (unpaired) electrons. The van der Waals surface area contributed by atoms with E-state index in [1.807, 2.05) is 30.3 Å². The van der Waals surface area contributed by atoms with Gasteiger partial charge in [-0.05, 0) is 19.1 Å². The number of rotatable bonds is 5. The van der Waals surface area contributed by atoms with E-state index in [0.717, 1.165) is 5.69 Å². The summed E-state index contributed by atoms with van der Waals surface area (Å²) >= 11 is 0. The molecule has 0 fully saturated rings. The first-order chi connectivity index (χ1) is 8.74. The molecule has 0 atom stereocenters. The Bertz CT molecular complexity index is 515. The zero-order chi connectivity index (χ0) is 12.8. The summed E-state index contributed by atoms with van der Waals surface area (Å²) in [7, 11) is 0. The van der Waals surface area contributed by atoms with Gasteiger partial charge in [-0.1, -0.05) is 23.4 Å². The highest BCUT2D eigenvalue weighted by Gasteiger charge is 2.05. The Balaban J connectivity index is 0.00000180. The molecule has 7 heteroatoms. The van der Waals surface area contributed by atoms with Gasteiger partial charge < -0.3 is 15.2 Å². The van der Waals surface area contributed by atoms with Gasteiger partial charge in [0.25, 0.3) is 0 Å². The smallest absolute Gasteiger partial charge is 0.246 e. The highest BCUT2D eigenvalue weighted by atomic mass is 35.5. The van der Waals surface area contributed by atoms with Crippen LogP contribution in [-0.4, -0.2) is 22.6 Å². The van der Waals surface area contributed by atoms with Gasteiger partial charge in [0.05, 0.1) is 13.1 Å². The summed E-state index contributed by atoms with van der Waals surface area (Å²) in [6.07, 6.45) is 0. The van der Waals surface area contributed by atoms with Crippen molar-refractivity contribution in [1.82, 2.24) is 15.5 Å². The fourth-order valence-corrected chi connectivity index (χ4v) is 1.39. The fourth-order valence-electron chi connectivity index (χ4n) is 1.39. The van der Waals surface area contributed by atoms with Crippen LogP contribution in [0.5, 0.6) is 0 Å². The van der Waals surface area contributed by atoms with Crippen LogP contribution in [0.25, 0.3) is 0 Å². The van der Waals surface area contributed by atoms with Crippen LogP contribution in [0, 0.1) is 6.92 Å². The molecule has 2 aromatic rings. The largest absolute Gasteiger partial charge is 0.376 e. The van der Waals surface area contributed by atoms with Gasteiger partial charge in [0.1, 0.15) is 0 Å². The van der Waals surface area contributed by atoms with Crippen molar-refractivity contribution < 1.29 is 9.32 Å². The Hall–Kier alpha value is -2.08. The molecule has 0 saturated carbocycles. The van der Waals surface area contributed by atoms with E-state index in [-0.39, 0.29) is 31.4 Å². The molecule has 0 bridgehead atoms. The highest BCUT2D eigenvalue weighted by Crippen LogP contribution is 2.03. The molecule has 1 aromatic heterocycles. The molecule has 102 valence electrons. The minimum atomic E-state index is -0.130. The molecule has 1 aromatic carbocycles. The lowest BCUT2D eigenvalue weighted by molar-refractivity contribution is -0.119. The molecule has 0 saturated heterocycles. The fraction of sp³-hybridized carbons (Fsp3) is 0.250. The quantitative estimate of drug-likeness (QED) is 0.869. The van der Waals surface area contributed by atoms with Gasteiger partial charge in [-0.25, -0.2) is 0 Å². The van der Waals surface area contributed by atoms with E-state index in [4.69, 9.17) is 4.52 Å². The van der Waals surface area contributed by atoms with Crippen LogP contribution in [0.4, 0.5) is 5.69 Å². The van der Waals surface area contributed by atoms with E-state index >= 15 is 0 Å². The number of anilines is 1. The van der Waals surface area contributed by atoms with Crippen molar-refractivity contribution in [2.75, 3.05) is 11.9 Å². The van der Waals surface area contributed by atoms with Gasteiger partial charge >= 0.3 is 0 Å². The number of carbonyl (C=O) groups is 1. The second-order valence-corrected chi connectivity index (χ2v) is 3.73. The zero-order valence-electron chi connectivity index (χ0n) is 10.4. The number of hydrogen-bond acceptors (Lipinski definition) is 5. The number of benzene rings is 1. The van der Waals surface area contributed by atoms with Crippen molar-refractivity contribution in [3.8, 4) is 0 Å². The van der Waals surface area contributed by atoms with Crippen LogP contribution in [0.2, 0.25) is 0 Å². The number of aromatic nitrogens is 2. The summed E-state index contributed by atoms with van der Waals surface area (Å²) in [6, 6.07) is 9.52. The van der Waals surface area contributed by atoms with Crippen molar-refractivity contribution in [3.05, 3.63) is 42.0 Å². The van der Waals surface area contributed by atoms with E-state index in [2.05, 4.69) is 20.8 Å². The van der Waals surface area contributed by atoms with Crippen LogP contribution < -0.4 is 10.6 Å². The maximum absolute atomic E-state index is 11.5. The lowest BCUT2D eigenvalue weighted by atomic mass is 10.3. The topological polar surface area (TPSA) is 80.0 Å². The molecule has 0 aliphatic rings. The van der Waals surface area contributed by atoms with Gasteiger partial charge in [0.2, 0.25) is 11.8 Å². The van der Waals surface area contributed by atoms with Gasteiger partial charge in [-0.3, -0.25) is 4.79 Å².